The summed E-state index contributed by atoms with van der Waals surface area (Å²) in [6.07, 6.45) is 3.24. The summed E-state index contributed by atoms with van der Waals surface area (Å²) in [6, 6.07) is 4.99. The number of nitrogens with one attached hydrogen (secondary N) is 1. The van der Waals surface area contributed by atoms with E-state index in [1.807, 2.05) is 13.8 Å². The standard InChI is InChI=1S/C21H33NO5/c1-7-10-13-21(5,25-6)20(24)22-16-11-12-18(27-15(4)8-2)17(14-16)19(23)26-9-3/h11-12,14-15H,7-10,13H2,1-6H3,(H,22,24)/t15-,21-/m0/s1. The average molecular weight is 379 g/mol. The molecule has 6 nitrogen and oxygen atoms in total. The number of anilines is 1. The van der Waals surface area contributed by atoms with Gasteiger partial charge in [0.2, 0.25) is 0 Å². The smallest absolute Gasteiger partial charge is 0.341 e. The summed E-state index contributed by atoms with van der Waals surface area (Å²) in [5, 5.41) is 2.85. The number of hydrogen-bond donors (Lipinski definition) is 1. The quantitative estimate of drug-likeness (QED) is 0.570. The SMILES string of the molecule is CCCC[C@](C)(OC)C(=O)Nc1ccc(O[C@@H](C)CC)c(C(=O)OCC)c1. The minimum atomic E-state index is -0.925. The molecule has 0 saturated carbocycles. The Bertz CT molecular complexity index is 631. The van der Waals surface area contributed by atoms with E-state index in [-0.39, 0.29) is 18.6 Å². The largest absolute Gasteiger partial charge is 0.490 e. The summed E-state index contributed by atoms with van der Waals surface area (Å²) in [5.74, 6) is -0.280. The molecule has 1 amide bonds. The highest BCUT2D eigenvalue weighted by Gasteiger charge is 2.32. The van der Waals surface area contributed by atoms with Crippen LogP contribution in [0.2, 0.25) is 0 Å². The van der Waals surface area contributed by atoms with Crippen molar-refractivity contribution < 1.29 is 23.8 Å². The molecule has 1 aromatic rings. The fourth-order valence-corrected chi connectivity index (χ4v) is 2.46. The number of amides is 1. The first kappa shape index (κ1) is 23.0. The molecule has 1 N–H and O–H groups in total. The zero-order chi connectivity index (χ0) is 20.4. The first-order valence-electron chi connectivity index (χ1n) is 9.65. The molecule has 152 valence electrons. The maximum atomic E-state index is 12.7. The van der Waals surface area contributed by atoms with E-state index >= 15 is 0 Å². The molecule has 0 spiro atoms. The van der Waals surface area contributed by atoms with Gasteiger partial charge in [-0.1, -0.05) is 26.7 Å². The number of benzene rings is 1. The van der Waals surface area contributed by atoms with Crippen molar-refractivity contribution in [1.29, 1.82) is 0 Å². The molecule has 0 bridgehead atoms. The zero-order valence-electron chi connectivity index (χ0n) is 17.4. The molecule has 1 rings (SSSR count). The van der Waals surface area contributed by atoms with Gasteiger partial charge in [0.15, 0.2) is 0 Å². The Balaban J connectivity index is 3.09. The van der Waals surface area contributed by atoms with E-state index in [9.17, 15) is 9.59 Å². The second-order valence-electron chi connectivity index (χ2n) is 6.76. The molecule has 2 atom stereocenters. The summed E-state index contributed by atoms with van der Waals surface area (Å²) in [4.78, 5) is 25.0. The second kappa shape index (κ2) is 10.9. The van der Waals surface area contributed by atoms with E-state index in [1.165, 1.54) is 7.11 Å². The Morgan fingerprint density at radius 2 is 1.93 bits per heavy atom. The lowest BCUT2D eigenvalue weighted by molar-refractivity contribution is -0.136. The van der Waals surface area contributed by atoms with Gasteiger partial charge < -0.3 is 19.5 Å². The van der Waals surface area contributed by atoms with E-state index in [1.54, 1.807) is 32.0 Å². The van der Waals surface area contributed by atoms with Gasteiger partial charge in [-0.15, -0.1) is 0 Å². The van der Waals surface area contributed by atoms with Gasteiger partial charge in [-0.2, -0.15) is 0 Å². The Labute approximate surface area is 162 Å². The predicted molar refractivity (Wildman–Crippen MR) is 106 cm³/mol. The maximum Gasteiger partial charge on any atom is 0.341 e. The summed E-state index contributed by atoms with van der Waals surface area (Å²) in [6.45, 7) is 9.78. The van der Waals surface area contributed by atoms with Crippen LogP contribution < -0.4 is 10.1 Å². The van der Waals surface area contributed by atoms with Crippen molar-refractivity contribution in [3.05, 3.63) is 23.8 Å². The molecule has 0 fully saturated rings. The summed E-state index contributed by atoms with van der Waals surface area (Å²) in [7, 11) is 1.53. The number of esters is 1. The van der Waals surface area contributed by atoms with Gasteiger partial charge in [0.05, 0.1) is 12.7 Å². The molecule has 0 radical (unpaired) electrons. The summed E-state index contributed by atoms with van der Waals surface area (Å²) >= 11 is 0. The van der Waals surface area contributed by atoms with Gasteiger partial charge in [-0.25, -0.2) is 4.79 Å². The lowest BCUT2D eigenvalue weighted by atomic mass is 9.97. The molecular formula is C21H33NO5. The number of methoxy groups -OCH3 is 1. The van der Waals surface area contributed by atoms with Crippen LogP contribution in [0, 0.1) is 0 Å². The van der Waals surface area contributed by atoms with Crippen LogP contribution in [-0.4, -0.2) is 37.3 Å². The number of unbranched alkanes of at least 4 members (excludes halogenated alkanes) is 1. The first-order chi connectivity index (χ1) is 12.8. The highest BCUT2D eigenvalue weighted by atomic mass is 16.5. The number of carbonyl (C=O) groups is 2. The van der Waals surface area contributed by atoms with Crippen LogP contribution in [-0.2, 0) is 14.3 Å². The Morgan fingerprint density at radius 3 is 2.48 bits per heavy atom. The van der Waals surface area contributed by atoms with Crippen molar-refractivity contribution in [2.45, 2.75) is 72.0 Å². The molecule has 0 aromatic heterocycles. The van der Waals surface area contributed by atoms with Crippen LogP contribution in [0.5, 0.6) is 5.75 Å². The van der Waals surface area contributed by atoms with Gasteiger partial charge in [0.1, 0.15) is 16.9 Å². The molecule has 0 heterocycles. The van der Waals surface area contributed by atoms with Crippen LogP contribution in [0.3, 0.4) is 0 Å². The van der Waals surface area contributed by atoms with Gasteiger partial charge in [-0.3, -0.25) is 4.79 Å². The van der Waals surface area contributed by atoms with E-state index in [2.05, 4.69) is 12.2 Å². The van der Waals surface area contributed by atoms with E-state index in [0.717, 1.165) is 19.3 Å². The summed E-state index contributed by atoms with van der Waals surface area (Å²) in [5.41, 5.74) is -0.131. The average Bonchev–Trinajstić information content (AvgIpc) is 2.67. The molecule has 0 aliphatic carbocycles. The van der Waals surface area contributed by atoms with Crippen molar-refractivity contribution in [1.82, 2.24) is 0 Å². The Hall–Kier alpha value is -2.08. The van der Waals surface area contributed by atoms with Crippen LogP contribution in [0.4, 0.5) is 5.69 Å². The normalized spacial score (nSPS) is 14.1. The molecule has 1 aromatic carbocycles. The lowest BCUT2D eigenvalue weighted by Crippen LogP contribution is -2.42. The Morgan fingerprint density at radius 1 is 1.22 bits per heavy atom. The summed E-state index contributed by atoms with van der Waals surface area (Å²) < 4.78 is 16.4. The third-order valence-electron chi connectivity index (χ3n) is 4.57. The minimum Gasteiger partial charge on any atom is -0.490 e. The highest BCUT2D eigenvalue weighted by molar-refractivity contribution is 5.99. The molecule has 6 heteroatoms. The van der Waals surface area contributed by atoms with Crippen LogP contribution in [0.15, 0.2) is 18.2 Å². The van der Waals surface area contributed by atoms with Crippen molar-refractivity contribution >= 4 is 17.6 Å². The lowest BCUT2D eigenvalue weighted by Gasteiger charge is -2.27. The van der Waals surface area contributed by atoms with Gasteiger partial charge in [0, 0.05) is 12.8 Å². The van der Waals surface area contributed by atoms with Crippen molar-refractivity contribution in [2.24, 2.45) is 0 Å². The van der Waals surface area contributed by atoms with Crippen LogP contribution in [0.25, 0.3) is 0 Å². The highest BCUT2D eigenvalue weighted by Crippen LogP contribution is 2.27. The van der Waals surface area contributed by atoms with E-state index < -0.39 is 11.6 Å². The zero-order valence-corrected chi connectivity index (χ0v) is 17.4. The molecule has 27 heavy (non-hydrogen) atoms. The van der Waals surface area contributed by atoms with Gasteiger partial charge in [0.25, 0.3) is 5.91 Å². The number of carbonyl (C=O) groups excluding carboxylic acids is 2. The van der Waals surface area contributed by atoms with E-state index in [0.29, 0.717) is 23.4 Å². The second-order valence-corrected chi connectivity index (χ2v) is 6.76. The van der Waals surface area contributed by atoms with Gasteiger partial charge in [-0.05, 0) is 51.8 Å². The van der Waals surface area contributed by atoms with Crippen LogP contribution >= 0.6 is 0 Å². The third kappa shape index (κ3) is 6.54. The van der Waals surface area contributed by atoms with Gasteiger partial charge >= 0.3 is 5.97 Å². The monoisotopic (exact) mass is 379 g/mol. The third-order valence-corrected chi connectivity index (χ3v) is 4.57. The van der Waals surface area contributed by atoms with Crippen LogP contribution in [0.1, 0.15) is 70.7 Å². The first-order valence-corrected chi connectivity index (χ1v) is 9.65. The van der Waals surface area contributed by atoms with Crippen molar-refractivity contribution in [3.63, 3.8) is 0 Å². The van der Waals surface area contributed by atoms with Crippen molar-refractivity contribution in [3.8, 4) is 5.75 Å². The Kier molecular flexibility index (Phi) is 9.29. The number of ether oxygens (including phenoxy) is 3. The molecule has 0 aliphatic heterocycles. The molecule has 0 saturated heterocycles. The number of hydrogen-bond acceptors (Lipinski definition) is 5. The molecule has 0 unspecified atom stereocenters. The minimum absolute atomic E-state index is 0.0376. The van der Waals surface area contributed by atoms with E-state index in [4.69, 9.17) is 14.2 Å². The maximum absolute atomic E-state index is 12.7. The predicted octanol–water partition coefficient (Wildman–Crippen LogP) is 4.57. The number of rotatable bonds is 11. The molecule has 0 aliphatic rings. The van der Waals surface area contributed by atoms with Crippen molar-refractivity contribution in [2.75, 3.05) is 19.0 Å². The fraction of sp³-hybridized carbons (Fsp3) is 0.619. The molecular weight excluding hydrogens is 346 g/mol. The fourth-order valence-electron chi connectivity index (χ4n) is 2.46. The topological polar surface area (TPSA) is 73.9 Å².